The van der Waals surface area contributed by atoms with Crippen molar-refractivity contribution < 1.29 is 13.3 Å². The van der Waals surface area contributed by atoms with Crippen molar-refractivity contribution >= 4 is 46.5 Å². The Balaban J connectivity index is 0. The minimum atomic E-state index is -2.51. The zero-order chi connectivity index (χ0) is 9.45. The molecular weight excluding hydrogens is 212 g/mol. The summed E-state index contributed by atoms with van der Waals surface area (Å²) in [4.78, 5) is 0. The molecular formula is C8H20CaO3Si. The van der Waals surface area contributed by atoms with Gasteiger partial charge in [0.25, 0.3) is 0 Å². The van der Waals surface area contributed by atoms with Crippen LogP contribution in [0.4, 0.5) is 0 Å². The van der Waals surface area contributed by atoms with Crippen molar-refractivity contribution in [1.82, 2.24) is 0 Å². The summed E-state index contributed by atoms with van der Waals surface area (Å²) >= 11 is 0. The Hall–Kier alpha value is 1.10. The maximum atomic E-state index is 5.44. The van der Waals surface area contributed by atoms with E-state index in [1.54, 1.807) is 5.70 Å². The SMILES string of the molecule is C=C[Si](OCC)(OCC)OCC.[CaH2]. The van der Waals surface area contributed by atoms with Gasteiger partial charge in [-0.25, -0.2) is 0 Å². The predicted molar refractivity (Wildman–Crippen MR) is 59.4 cm³/mol. The number of rotatable bonds is 7. The molecule has 3 nitrogen and oxygen atoms in total. The Morgan fingerprint density at radius 1 is 1.00 bits per heavy atom. The predicted octanol–water partition coefficient (Wildman–Crippen LogP) is 0.844. The van der Waals surface area contributed by atoms with Crippen molar-refractivity contribution in [3.8, 4) is 0 Å². The van der Waals surface area contributed by atoms with E-state index in [1.807, 2.05) is 20.8 Å². The van der Waals surface area contributed by atoms with Gasteiger partial charge in [0, 0.05) is 19.8 Å². The molecule has 76 valence electrons. The van der Waals surface area contributed by atoms with Crippen LogP contribution >= 0.6 is 0 Å². The molecule has 0 fully saturated rings. The quantitative estimate of drug-likeness (QED) is 0.609. The fraction of sp³-hybridized carbons (Fsp3) is 0.750. The third-order valence-electron chi connectivity index (χ3n) is 1.29. The molecule has 0 saturated carbocycles. The Morgan fingerprint density at radius 2 is 1.31 bits per heavy atom. The molecule has 0 amide bonds. The van der Waals surface area contributed by atoms with Gasteiger partial charge in [-0.05, 0) is 26.5 Å². The van der Waals surface area contributed by atoms with Crippen molar-refractivity contribution in [2.75, 3.05) is 19.8 Å². The van der Waals surface area contributed by atoms with Crippen molar-refractivity contribution in [3.63, 3.8) is 0 Å². The zero-order valence-corrected chi connectivity index (χ0v) is 9.13. The van der Waals surface area contributed by atoms with Gasteiger partial charge in [-0.15, -0.1) is 0 Å². The third-order valence-corrected chi connectivity index (χ3v) is 3.86. The molecule has 5 heteroatoms. The summed E-state index contributed by atoms with van der Waals surface area (Å²) in [5.41, 5.74) is 1.67. The van der Waals surface area contributed by atoms with Crippen LogP contribution in [0.25, 0.3) is 0 Å². The standard InChI is InChI=1S/C8H18O3Si.Ca.2H/c1-5-9-12(8-4,10-6-2)11-7-3;;;/h8H,4-7H2,1-3H3;;;. The summed E-state index contributed by atoms with van der Waals surface area (Å²) in [6.45, 7) is 11.2. The van der Waals surface area contributed by atoms with E-state index in [2.05, 4.69) is 6.58 Å². The molecule has 0 N–H and O–H groups in total. The molecule has 0 unspecified atom stereocenters. The van der Waals surface area contributed by atoms with Gasteiger partial charge >= 0.3 is 46.5 Å². The first-order valence-electron chi connectivity index (χ1n) is 4.30. The first-order valence-corrected chi connectivity index (χ1v) is 6.10. The molecule has 0 aliphatic rings. The second-order valence-electron chi connectivity index (χ2n) is 2.11. The average Bonchev–Trinajstić information content (AvgIpc) is 2.06. The molecule has 0 aliphatic carbocycles. The van der Waals surface area contributed by atoms with Crippen molar-refractivity contribution in [3.05, 3.63) is 12.3 Å². The van der Waals surface area contributed by atoms with E-state index in [9.17, 15) is 0 Å². The van der Waals surface area contributed by atoms with E-state index in [1.165, 1.54) is 0 Å². The molecule has 0 heterocycles. The van der Waals surface area contributed by atoms with Crippen LogP contribution in [-0.4, -0.2) is 66.4 Å². The molecule has 0 aromatic rings. The van der Waals surface area contributed by atoms with Crippen molar-refractivity contribution in [1.29, 1.82) is 0 Å². The first-order chi connectivity index (χ1) is 5.74. The molecule has 13 heavy (non-hydrogen) atoms. The Morgan fingerprint density at radius 3 is 1.46 bits per heavy atom. The van der Waals surface area contributed by atoms with E-state index >= 15 is 0 Å². The molecule has 0 atom stereocenters. The van der Waals surface area contributed by atoms with E-state index in [-0.39, 0.29) is 37.7 Å². The van der Waals surface area contributed by atoms with Gasteiger partial charge in [0.05, 0.1) is 0 Å². The molecule has 0 bridgehead atoms. The van der Waals surface area contributed by atoms with Crippen molar-refractivity contribution in [2.45, 2.75) is 20.8 Å². The van der Waals surface area contributed by atoms with Crippen LogP contribution < -0.4 is 0 Å². The van der Waals surface area contributed by atoms with E-state index in [0.29, 0.717) is 19.8 Å². The fourth-order valence-corrected chi connectivity index (χ4v) is 2.72. The van der Waals surface area contributed by atoms with E-state index < -0.39 is 8.80 Å². The van der Waals surface area contributed by atoms with Crippen LogP contribution in [0.3, 0.4) is 0 Å². The van der Waals surface area contributed by atoms with Gasteiger partial charge in [-0.1, -0.05) is 6.58 Å². The molecule has 0 aromatic carbocycles. The summed E-state index contributed by atoms with van der Waals surface area (Å²) < 4.78 is 16.3. The van der Waals surface area contributed by atoms with Crippen LogP contribution in [0, 0.1) is 0 Å². The third kappa shape index (κ3) is 6.22. The fourth-order valence-electron chi connectivity index (χ4n) is 0.905. The normalized spacial score (nSPS) is 10.7. The maximum absolute atomic E-state index is 5.44. The molecule has 0 aliphatic heterocycles. The van der Waals surface area contributed by atoms with E-state index in [4.69, 9.17) is 13.3 Å². The Labute approximate surface area is 112 Å². The second-order valence-corrected chi connectivity index (χ2v) is 4.59. The van der Waals surface area contributed by atoms with Crippen LogP contribution in [0.5, 0.6) is 0 Å². The van der Waals surface area contributed by atoms with E-state index in [0.717, 1.165) is 0 Å². The Bertz CT molecular complexity index is 116. The monoisotopic (exact) mass is 232 g/mol. The van der Waals surface area contributed by atoms with Crippen LogP contribution in [0.2, 0.25) is 0 Å². The molecule has 0 radical (unpaired) electrons. The number of hydrogen-bond acceptors (Lipinski definition) is 3. The topological polar surface area (TPSA) is 27.7 Å². The van der Waals surface area contributed by atoms with Gasteiger partial charge in [0.2, 0.25) is 0 Å². The van der Waals surface area contributed by atoms with Crippen LogP contribution in [0.15, 0.2) is 12.3 Å². The van der Waals surface area contributed by atoms with Gasteiger partial charge < -0.3 is 13.3 Å². The van der Waals surface area contributed by atoms with Gasteiger partial charge in [-0.2, -0.15) is 0 Å². The van der Waals surface area contributed by atoms with Gasteiger partial charge in [-0.3, -0.25) is 0 Å². The molecule has 0 aromatic heterocycles. The summed E-state index contributed by atoms with van der Waals surface area (Å²) in [6.07, 6.45) is 0. The molecule has 0 spiro atoms. The zero-order valence-electron chi connectivity index (χ0n) is 8.13. The van der Waals surface area contributed by atoms with Gasteiger partial charge in [0.15, 0.2) is 0 Å². The summed E-state index contributed by atoms with van der Waals surface area (Å²) in [5, 5.41) is 0. The Kier molecular flexibility index (Phi) is 12.3. The summed E-state index contributed by atoms with van der Waals surface area (Å²) in [5.74, 6) is 0. The van der Waals surface area contributed by atoms with Crippen LogP contribution in [0.1, 0.15) is 20.8 Å². The molecule has 0 rings (SSSR count). The number of hydrogen-bond donors (Lipinski definition) is 0. The minimum absolute atomic E-state index is 0. The molecule has 0 saturated heterocycles. The van der Waals surface area contributed by atoms with Crippen molar-refractivity contribution in [2.24, 2.45) is 0 Å². The first kappa shape index (κ1) is 16.5. The van der Waals surface area contributed by atoms with Crippen LogP contribution in [-0.2, 0) is 13.3 Å². The average molecular weight is 232 g/mol. The van der Waals surface area contributed by atoms with Gasteiger partial charge in [0.1, 0.15) is 0 Å². The second kappa shape index (κ2) is 9.64. The summed E-state index contributed by atoms with van der Waals surface area (Å²) in [7, 11) is -2.51. The summed E-state index contributed by atoms with van der Waals surface area (Å²) in [6, 6.07) is 0.